The van der Waals surface area contributed by atoms with Gasteiger partial charge in [0, 0.05) is 30.7 Å². The number of anilines is 1. The van der Waals surface area contributed by atoms with Crippen LogP contribution in [0.15, 0.2) is 66.9 Å². The van der Waals surface area contributed by atoms with Gasteiger partial charge in [0.2, 0.25) is 0 Å². The highest BCUT2D eigenvalue weighted by atomic mass is 16.5. The van der Waals surface area contributed by atoms with Gasteiger partial charge in [0.1, 0.15) is 5.75 Å². The molecule has 2 aromatic carbocycles. The van der Waals surface area contributed by atoms with E-state index in [1.165, 1.54) is 5.56 Å². The summed E-state index contributed by atoms with van der Waals surface area (Å²) in [7, 11) is 1.63. The van der Waals surface area contributed by atoms with E-state index in [2.05, 4.69) is 53.3 Å². The molecule has 138 valence electrons. The van der Waals surface area contributed by atoms with Crippen molar-refractivity contribution < 1.29 is 9.53 Å². The zero-order valence-electron chi connectivity index (χ0n) is 15.6. The third kappa shape index (κ3) is 3.40. The average molecular weight is 361 g/mol. The van der Waals surface area contributed by atoms with Crippen molar-refractivity contribution in [2.45, 2.75) is 19.5 Å². The molecule has 2 heterocycles. The fraction of sp³-hybridized carbons (Fsp3) is 0.227. The lowest BCUT2D eigenvalue weighted by Crippen LogP contribution is -2.44. The van der Waals surface area contributed by atoms with Gasteiger partial charge in [-0.15, -0.1) is 0 Å². The minimum absolute atomic E-state index is 0.0989. The van der Waals surface area contributed by atoms with Gasteiger partial charge >= 0.3 is 6.03 Å². The molecular formula is C22H23N3O2. The SMILES string of the molecule is COc1ccc(NC(=O)N2CCn3cccc3[C@@H]2c2ccc(C)cc2)cc1. The minimum atomic E-state index is -0.104. The first-order chi connectivity index (χ1) is 13.2. The van der Waals surface area contributed by atoms with Crippen molar-refractivity contribution in [1.82, 2.24) is 9.47 Å². The van der Waals surface area contributed by atoms with E-state index in [4.69, 9.17) is 4.74 Å². The molecule has 5 heteroatoms. The second-order valence-corrected chi connectivity index (χ2v) is 6.79. The van der Waals surface area contributed by atoms with Gasteiger partial charge in [-0.1, -0.05) is 29.8 Å². The maximum atomic E-state index is 13.1. The Bertz CT molecular complexity index is 929. The molecule has 0 radical (unpaired) electrons. The van der Waals surface area contributed by atoms with E-state index in [9.17, 15) is 4.79 Å². The highest BCUT2D eigenvalue weighted by Crippen LogP contribution is 2.33. The van der Waals surface area contributed by atoms with Crippen LogP contribution in [0.1, 0.15) is 22.9 Å². The Labute approximate surface area is 159 Å². The van der Waals surface area contributed by atoms with Gasteiger partial charge in [0.15, 0.2) is 0 Å². The standard InChI is InChI=1S/C22H23N3O2/c1-16-5-7-17(8-6-16)21-20-4-3-13-24(20)14-15-25(21)22(26)23-18-9-11-19(27-2)12-10-18/h3-13,21H,14-15H2,1-2H3,(H,23,26)/t21-/m0/s1. The van der Waals surface area contributed by atoms with Crippen LogP contribution in [0.3, 0.4) is 0 Å². The predicted octanol–water partition coefficient (Wildman–Crippen LogP) is 4.44. The maximum Gasteiger partial charge on any atom is 0.322 e. The minimum Gasteiger partial charge on any atom is -0.497 e. The molecule has 5 nitrogen and oxygen atoms in total. The first-order valence-corrected chi connectivity index (χ1v) is 9.09. The van der Waals surface area contributed by atoms with E-state index >= 15 is 0 Å². The maximum absolute atomic E-state index is 13.1. The molecule has 1 N–H and O–H groups in total. The third-order valence-corrected chi connectivity index (χ3v) is 5.03. The van der Waals surface area contributed by atoms with Crippen LogP contribution in [0.2, 0.25) is 0 Å². The first kappa shape index (κ1) is 17.2. The molecule has 1 aliphatic rings. The Morgan fingerprint density at radius 2 is 1.78 bits per heavy atom. The quantitative estimate of drug-likeness (QED) is 0.749. The lowest BCUT2D eigenvalue weighted by Gasteiger charge is -2.37. The second kappa shape index (κ2) is 7.19. The van der Waals surface area contributed by atoms with E-state index in [0.717, 1.165) is 29.2 Å². The van der Waals surface area contributed by atoms with Crippen LogP contribution in [-0.2, 0) is 6.54 Å². The number of aromatic nitrogens is 1. The van der Waals surface area contributed by atoms with E-state index in [1.54, 1.807) is 7.11 Å². The molecule has 0 saturated heterocycles. The highest BCUT2D eigenvalue weighted by Gasteiger charge is 2.32. The van der Waals surface area contributed by atoms with Gasteiger partial charge in [-0.05, 0) is 48.9 Å². The topological polar surface area (TPSA) is 46.5 Å². The predicted molar refractivity (Wildman–Crippen MR) is 106 cm³/mol. The molecular weight excluding hydrogens is 338 g/mol. The number of hydrogen-bond donors (Lipinski definition) is 1. The van der Waals surface area contributed by atoms with Gasteiger partial charge in [0.25, 0.3) is 0 Å². The number of aryl methyl sites for hydroxylation is 1. The first-order valence-electron chi connectivity index (χ1n) is 9.09. The van der Waals surface area contributed by atoms with E-state index in [1.807, 2.05) is 35.2 Å². The van der Waals surface area contributed by atoms with Crippen LogP contribution in [-0.4, -0.2) is 29.2 Å². The number of benzene rings is 2. The normalized spacial score (nSPS) is 15.9. The van der Waals surface area contributed by atoms with Crippen molar-refractivity contribution in [3.05, 3.63) is 83.7 Å². The van der Waals surface area contributed by atoms with E-state index in [0.29, 0.717) is 6.54 Å². The number of hydrogen-bond acceptors (Lipinski definition) is 2. The van der Waals surface area contributed by atoms with Gasteiger partial charge in [-0.25, -0.2) is 4.79 Å². The number of fused-ring (bicyclic) bond motifs is 1. The van der Waals surface area contributed by atoms with Crippen LogP contribution in [0.4, 0.5) is 10.5 Å². The molecule has 1 aromatic heterocycles. The summed E-state index contributed by atoms with van der Waals surface area (Å²) < 4.78 is 7.40. The van der Waals surface area contributed by atoms with Crippen molar-refractivity contribution in [1.29, 1.82) is 0 Å². The third-order valence-electron chi connectivity index (χ3n) is 5.03. The summed E-state index contributed by atoms with van der Waals surface area (Å²) >= 11 is 0. The lowest BCUT2D eigenvalue weighted by molar-refractivity contribution is 0.182. The number of nitrogens with zero attached hydrogens (tertiary/aromatic N) is 2. The lowest BCUT2D eigenvalue weighted by atomic mass is 9.99. The Hall–Kier alpha value is -3.21. The fourth-order valence-corrected chi connectivity index (χ4v) is 3.57. The molecule has 3 aromatic rings. The van der Waals surface area contributed by atoms with Crippen LogP contribution >= 0.6 is 0 Å². The summed E-state index contributed by atoms with van der Waals surface area (Å²) in [5.41, 5.74) is 4.21. The summed E-state index contributed by atoms with van der Waals surface area (Å²) in [5, 5.41) is 3.02. The molecule has 0 unspecified atom stereocenters. The Morgan fingerprint density at radius 3 is 2.48 bits per heavy atom. The van der Waals surface area contributed by atoms with Crippen molar-refractivity contribution >= 4 is 11.7 Å². The van der Waals surface area contributed by atoms with Crippen molar-refractivity contribution in [2.75, 3.05) is 19.0 Å². The molecule has 27 heavy (non-hydrogen) atoms. The molecule has 0 saturated carbocycles. The molecule has 0 aliphatic carbocycles. The summed E-state index contributed by atoms with van der Waals surface area (Å²) in [6.07, 6.45) is 2.08. The Balaban J connectivity index is 1.63. The molecule has 0 fully saturated rings. The molecule has 1 atom stereocenters. The second-order valence-electron chi connectivity index (χ2n) is 6.79. The highest BCUT2D eigenvalue weighted by molar-refractivity contribution is 5.90. The Kier molecular flexibility index (Phi) is 4.59. The monoisotopic (exact) mass is 361 g/mol. The van der Waals surface area contributed by atoms with Crippen LogP contribution in [0.5, 0.6) is 5.75 Å². The summed E-state index contributed by atoms with van der Waals surface area (Å²) in [4.78, 5) is 15.0. The number of carbonyl (C=O) groups is 1. The van der Waals surface area contributed by atoms with Crippen molar-refractivity contribution in [3.8, 4) is 5.75 Å². The number of urea groups is 1. The van der Waals surface area contributed by atoms with E-state index < -0.39 is 0 Å². The number of ether oxygens (including phenoxy) is 1. The number of nitrogens with one attached hydrogen (secondary N) is 1. The van der Waals surface area contributed by atoms with Gasteiger partial charge in [0.05, 0.1) is 13.2 Å². The van der Waals surface area contributed by atoms with E-state index in [-0.39, 0.29) is 12.1 Å². The van der Waals surface area contributed by atoms with Crippen molar-refractivity contribution in [3.63, 3.8) is 0 Å². The molecule has 0 bridgehead atoms. The van der Waals surface area contributed by atoms with Crippen LogP contribution in [0, 0.1) is 6.92 Å². The number of amides is 2. The van der Waals surface area contributed by atoms with Gasteiger partial charge in [-0.2, -0.15) is 0 Å². The summed E-state index contributed by atoms with van der Waals surface area (Å²) in [5.74, 6) is 0.765. The Morgan fingerprint density at radius 1 is 1.04 bits per heavy atom. The molecule has 2 amide bonds. The zero-order chi connectivity index (χ0) is 18.8. The largest absolute Gasteiger partial charge is 0.497 e. The summed E-state index contributed by atoms with van der Waals surface area (Å²) in [6, 6.07) is 19.7. The smallest absolute Gasteiger partial charge is 0.322 e. The summed E-state index contributed by atoms with van der Waals surface area (Å²) in [6.45, 7) is 3.52. The molecule has 4 rings (SSSR count). The number of carbonyl (C=O) groups excluding carboxylic acids is 1. The van der Waals surface area contributed by atoms with Crippen LogP contribution in [0.25, 0.3) is 0 Å². The van der Waals surface area contributed by atoms with Crippen LogP contribution < -0.4 is 10.1 Å². The zero-order valence-corrected chi connectivity index (χ0v) is 15.6. The fourth-order valence-electron chi connectivity index (χ4n) is 3.57. The number of rotatable bonds is 3. The number of methoxy groups -OCH3 is 1. The molecule has 1 aliphatic heterocycles. The molecule has 0 spiro atoms. The van der Waals surface area contributed by atoms with Gasteiger partial charge in [-0.3, -0.25) is 0 Å². The average Bonchev–Trinajstić information content (AvgIpc) is 3.17. The van der Waals surface area contributed by atoms with Gasteiger partial charge < -0.3 is 19.5 Å². The van der Waals surface area contributed by atoms with Crippen molar-refractivity contribution in [2.24, 2.45) is 0 Å².